The third-order valence-corrected chi connectivity index (χ3v) is 6.60. The van der Waals surface area contributed by atoms with Gasteiger partial charge < -0.3 is 24.3 Å². The molecule has 1 N–H and O–H groups in total. The maximum atomic E-state index is 12.5. The second kappa shape index (κ2) is 11.8. The van der Waals surface area contributed by atoms with Gasteiger partial charge in [0.1, 0.15) is 29.5 Å². The molecule has 0 spiro atoms. The summed E-state index contributed by atoms with van der Waals surface area (Å²) in [7, 11) is 4.90. The predicted molar refractivity (Wildman–Crippen MR) is 129 cm³/mol. The number of nitrogens with one attached hydrogen (secondary N) is 1. The van der Waals surface area contributed by atoms with E-state index < -0.39 is 5.60 Å². The number of likely N-dealkylation sites (tertiary alicyclic amines) is 1. The molecule has 0 unspecified atom stereocenters. The molecule has 0 saturated carbocycles. The van der Waals surface area contributed by atoms with Crippen molar-refractivity contribution in [3.8, 4) is 17.2 Å². The molecule has 0 atom stereocenters. The van der Waals surface area contributed by atoms with Crippen molar-refractivity contribution < 1.29 is 23.7 Å². The number of benzene rings is 2. The minimum Gasteiger partial charge on any atom is -0.497 e. The summed E-state index contributed by atoms with van der Waals surface area (Å²) in [6, 6.07) is 10.8. The van der Waals surface area contributed by atoms with Gasteiger partial charge in [0.05, 0.1) is 30.8 Å². The standard InChI is InChI=1S/C24H30Cl2N2O5/c1-30-19-10-17(11-20(12-19)31-2)14-27-23(29)15-28-8-6-24(32-3,7-9-28)16-33-18-4-5-21(25)22(26)13-18/h4-5,10-13H,6-9,14-16H2,1-3H3,(H,27,29). The number of methoxy groups -OCH3 is 3. The van der Waals surface area contributed by atoms with E-state index >= 15 is 0 Å². The van der Waals surface area contributed by atoms with Crippen LogP contribution >= 0.6 is 23.2 Å². The Kier molecular flexibility index (Phi) is 9.09. The van der Waals surface area contributed by atoms with Crippen LogP contribution in [0.3, 0.4) is 0 Å². The van der Waals surface area contributed by atoms with Crippen molar-refractivity contribution in [1.29, 1.82) is 0 Å². The minimum absolute atomic E-state index is 0.0336. The topological polar surface area (TPSA) is 69.3 Å². The molecular weight excluding hydrogens is 467 g/mol. The number of halogens is 2. The largest absolute Gasteiger partial charge is 0.497 e. The van der Waals surface area contributed by atoms with E-state index in [1.807, 2.05) is 12.1 Å². The normalized spacial score (nSPS) is 15.7. The molecule has 1 aliphatic rings. The Labute approximate surface area is 204 Å². The van der Waals surface area contributed by atoms with Crippen molar-refractivity contribution in [2.75, 3.05) is 47.6 Å². The number of hydrogen-bond acceptors (Lipinski definition) is 6. The lowest BCUT2D eigenvalue weighted by Crippen LogP contribution is -2.51. The molecule has 1 fully saturated rings. The highest BCUT2D eigenvalue weighted by molar-refractivity contribution is 6.42. The van der Waals surface area contributed by atoms with Gasteiger partial charge in [-0.3, -0.25) is 9.69 Å². The number of piperidine rings is 1. The lowest BCUT2D eigenvalue weighted by Gasteiger charge is -2.40. The molecular formula is C24H30Cl2N2O5. The summed E-state index contributed by atoms with van der Waals surface area (Å²) in [4.78, 5) is 14.6. The van der Waals surface area contributed by atoms with E-state index in [4.69, 9.17) is 42.1 Å². The molecule has 2 aromatic carbocycles. The fourth-order valence-corrected chi connectivity index (χ4v) is 4.02. The van der Waals surface area contributed by atoms with Crippen molar-refractivity contribution in [1.82, 2.24) is 10.2 Å². The number of nitrogens with zero attached hydrogens (tertiary/aromatic N) is 1. The van der Waals surface area contributed by atoms with Gasteiger partial charge in [-0.2, -0.15) is 0 Å². The molecule has 1 aliphatic heterocycles. The summed E-state index contributed by atoms with van der Waals surface area (Å²) in [5.41, 5.74) is 0.506. The van der Waals surface area contributed by atoms with Crippen LogP contribution in [0.2, 0.25) is 10.0 Å². The van der Waals surface area contributed by atoms with E-state index in [9.17, 15) is 4.79 Å². The molecule has 1 amide bonds. The molecule has 3 rings (SSSR count). The fourth-order valence-electron chi connectivity index (χ4n) is 3.74. The van der Waals surface area contributed by atoms with Gasteiger partial charge >= 0.3 is 0 Å². The van der Waals surface area contributed by atoms with Crippen molar-refractivity contribution in [2.24, 2.45) is 0 Å². The number of carbonyl (C=O) groups is 1. The smallest absolute Gasteiger partial charge is 0.234 e. The van der Waals surface area contributed by atoms with E-state index in [1.54, 1.807) is 45.6 Å². The van der Waals surface area contributed by atoms with Crippen LogP contribution < -0.4 is 19.5 Å². The van der Waals surface area contributed by atoms with Gasteiger partial charge in [0.25, 0.3) is 0 Å². The summed E-state index contributed by atoms with van der Waals surface area (Å²) in [6.45, 7) is 2.60. The molecule has 9 heteroatoms. The highest BCUT2D eigenvalue weighted by atomic mass is 35.5. The maximum absolute atomic E-state index is 12.5. The van der Waals surface area contributed by atoms with Gasteiger partial charge in [0.15, 0.2) is 0 Å². The van der Waals surface area contributed by atoms with Crippen LogP contribution in [-0.4, -0.2) is 64.0 Å². The third kappa shape index (κ3) is 7.14. The Hall–Kier alpha value is -2.19. The first-order chi connectivity index (χ1) is 15.9. The predicted octanol–water partition coefficient (Wildman–Crippen LogP) is 4.19. The molecule has 1 saturated heterocycles. The Balaban J connectivity index is 1.46. The van der Waals surface area contributed by atoms with Crippen LogP contribution in [0.1, 0.15) is 18.4 Å². The van der Waals surface area contributed by atoms with Gasteiger partial charge in [0.2, 0.25) is 5.91 Å². The zero-order chi connectivity index (χ0) is 23.8. The first-order valence-electron chi connectivity index (χ1n) is 10.7. The average Bonchev–Trinajstić information content (AvgIpc) is 2.84. The quantitative estimate of drug-likeness (QED) is 0.531. The zero-order valence-corrected chi connectivity index (χ0v) is 20.7. The monoisotopic (exact) mass is 496 g/mol. The van der Waals surface area contributed by atoms with Gasteiger partial charge in [-0.25, -0.2) is 0 Å². The van der Waals surface area contributed by atoms with Crippen molar-refractivity contribution in [3.63, 3.8) is 0 Å². The molecule has 0 aliphatic carbocycles. The molecule has 1 heterocycles. The van der Waals surface area contributed by atoms with E-state index in [2.05, 4.69) is 10.2 Å². The molecule has 0 aromatic heterocycles. The number of hydrogen-bond donors (Lipinski definition) is 1. The van der Waals surface area contributed by atoms with Crippen LogP contribution in [0.5, 0.6) is 17.2 Å². The second-order valence-corrected chi connectivity index (χ2v) is 8.84. The highest BCUT2D eigenvalue weighted by Crippen LogP contribution is 2.30. The summed E-state index contributed by atoms with van der Waals surface area (Å²) in [6.07, 6.45) is 1.51. The average molecular weight is 497 g/mol. The minimum atomic E-state index is -0.407. The Bertz CT molecular complexity index is 926. The molecule has 33 heavy (non-hydrogen) atoms. The second-order valence-electron chi connectivity index (χ2n) is 8.03. The van der Waals surface area contributed by atoms with Crippen LogP contribution in [-0.2, 0) is 16.1 Å². The van der Waals surface area contributed by atoms with E-state index in [-0.39, 0.29) is 5.91 Å². The van der Waals surface area contributed by atoms with Crippen LogP contribution in [0.4, 0.5) is 0 Å². The van der Waals surface area contributed by atoms with Crippen molar-refractivity contribution in [3.05, 3.63) is 52.0 Å². The number of amides is 1. The molecule has 7 nitrogen and oxygen atoms in total. The summed E-state index contributed by atoms with van der Waals surface area (Å²) in [5.74, 6) is 1.99. The number of carbonyl (C=O) groups excluding carboxylic acids is 1. The zero-order valence-electron chi connectivity index (χ0n) is 19.2. The molecule has 180 valence electrons. The van der Waals surface area contributed by atoms with Crippen molar-refractivity contribution >= 4 is 29.1 Å². The first-order valence-corrected chi connectivity index (χ1v) is 11.5. The highest BCUT2D eigenvalue weighted by Gasteiger charge is 2.36. The summed E-state index contributed by atoms with van der Waals surface area (Å²) in [5, 5.41) is 3.91. The number of rotatable bonds is 10. The number of ether oxygens (including phenoxy) is 4. The first kappa shape index (κ1) is 25.4. The Morgan fingerprint density at radius 3 is 2.21 bits per heavy atom. The maximum Gasteiger partial charge on any atom is 0.234 e. The summed E-state index contributed by atoms with van der Waals surface area (Å²) >= 11 is 12.0. The van der Waals surface area contributed by atoms with Crippen LogP contribution in [0.15, 0.2) is 36.4 Å². The molecule has 0 bridgehead atoms. The van der Waals surface area contributed by atoms with E-state index in [1.165, 1.54) is 0 Å². The van der Waals surface area contributed by atoms with Crippen LogP contribution in [0.25, 0.3) is 0 Å². The molecule has 0 radical (unpaired) electrons. The molecule has 2 aromatic rings. The Morgan fingerprint density at radius 1 is 0.970 bits per heavy atom. The van der Waals surface area contributed by atoms with Gasteiger partial charge in [-0.15, -0.1) is 0 Å². The lowest BCUT2D eigenvalue weighted by atomic mass is 9.92. The SMILES string of the molecule is COc1cc(CNC(=O)CN2CCC(COc3ccc(Cl)c(Cl)c3)(OC)CC2)cc(OC)c1. The van der Waals surface area contributed by atoms with E-state index in [0.717, 1.165) is 31.5 Å². The lowest BCUT2D eigenvalue weighted by molar-refractivity contribution is -0.125. The van der Waals surface area contributed by atoms with Gasteiger partial charge in [0, 0.05) is 38.9 Å². The van der Waals surface area contributed by atoms with Gasteiger partial charge in [-0.05, 0) is 42.7 Å². The van der Waals surface area contributed by atoms with Crippen LogP contribution in [0, 0.1) is 0 Å². The van der Waals surface area contributed by atoms with E-state index in [0.29, 0.717) is 47.0 Å². The van der Waals surface area contributed by atoms with Crippen molar-refractivity contribution in [2.45, 2.75) is 25.0 Å². The third-order valence-electron chi connectivity index (χ3n) is 5.86. The fraction of sp³-hybridized carbons (Fsp3) is 0.458. The van der Waals surface area contributed by atoms with Gasteiger partial charge in [-0.1, -0.05) is 23.2 Å². The Morgan fingerprint density at radius 2 is 1.64 bits per heavy atom. The summed E-state index contributed by atoms with van der Waals surface area (Å²) < 4.78 is 22.3.